The van der Waals surface area contributed by atoms with Crippen LogP contribution in [0.5, 0.6) is 0 Å². The molecular weight excluding hydrogens is 240 g/mol. The van der Waals surface area contributed by atoms with Gasteiger partial charge in [0, 0.05) is 6.54 Å². The number of nitrogens with one attached hydrogen (secondary N) is 1. The van der Waals surface area contributed by atoms with Gasteiger partial charge in [-0.3, -0.25) is 4.79 Å². The van der Waals surface area contributed by atoms with E-state index in [1.54, 1.807) is 38.1 Å². The van der Waals surface area contributed by atoms with Crippen LogP contribution in [0, 0.1) is 0 Å². The van der Waals surface area contributed by atoms with Gasteiger partial charge in [-0.05, 0) is 19.4 Å². The lowest BCUT2D eigenvalue weighted by atomic mass is 9.84. The van der Waals surface area contributed by atoms with Gasteiger partial charge in [-0.2, -0.15) is 0 Å². The second kappa shape index (κ2) is 5.91. The predicted molar refractivity (Wildman–Crippen MR) is 64.5 cm³/mol. The first-order valence-electron chi connectivity index (χ1n) is 5.65. The summed E-state index contributed by atoms with van der Waals surface area (Å²) >= 11 is 0. The highest BCUT2D eigenvalue weighted by molar-refractivity contribution is 5.87. The number of rotatable bonds is 5. The molecule has 0 aliphatic carbocycles. The Morgan fingerprint density at radius 3 is 2.39 bits per heavy atom. The summed E-state index contributed by atoms with van der Waals surface area (Å²) < 4.78 is 24.2. The fraction of sp³-hybridized carbons (Fsp3) is 0.462. The van der Waals surface area contributed by atoms with E-state index < -0.39 is 30.4 Å². The van der Waals surface area contributed by atoms with Gasteiger partial charge in [-0.15, -0.1) is 0 Å². The predicted octanol–water partition coefficient (Wildman–Crippen LogP) is 1.71. The number of aliphatic hydroxyl groups excluding tert-OH is 1. The summed E-state index contributed by atoms with van der Waals surface area (Å²) in [6, 6.07) is 9.03. The van der Waals surface area contributed by atoms with Gasteiger partial charge < -0.3 is 10.4 Å². The average Bonchev–Trinajstić information content (AvgIpc) is 2.36. The molecule has 0 fully saturated rings. The van der Waals surface area contributed by atoms with Crippen LogP contribution in [0.15, 0.2) is 30.3 Å². The van der Waals surface area contributed by atoms with E-state index in [2.05, 4.69) is 5.32 Å². The number of halogens is 2. The molecule has 1 aromatic carbocycles. The molecule has 3 nitrogen and oxygen atoms in total. The summed E-state index contributed by atoms with van der Waals surface area (Å²) in [6.45, 7) is 2.95. The van der Waals surface area contributed by atoms with Crippen molar-refractivity contribution < 1.29 is 18.7 Å². The summed E-state index contributed by atoms with van der Waals surface area (Å²) in [6.07, 6.45) is -4.69. The molecule has 1 rings (SSSR count). The van der Waals surface area contributed by atoms with Crippen molar-refractivity contribution in [3.05, 3.63) is 35.9 Å². The van der Waals surface area contributed by atoms with Crippen LogP contribution in [0.25, 0.3) is 0 Å². The zero-order valence-corrected chi connectivity index (χ0v) is 10.4. The molecule has 1 aromatic rings. The molecule has 18 heavy (non-hydrogen) atoms. The normalized spacial score (nSPS) is 13.4. The molecule has 0 bridgehead atoms. The fourth-order valence-corrected chi connectivity index (χ4v) is 1.49. The van der Waals surface area contributed by atoms with Crippen LogP contribution in [-0.2, 0) is 10.2 Å². The maximum Gasteiger partial charge on any atom is 0.265 e. The number of alkyl halides is 2. The molecule has 0 spiro atoms. The Hall–Kier alpha value is -1.49. The second-order valence-electron chi connectivity index (χ2n) is 4.60. The van der Waals surface area contributed by atoms with Crippen molar-refractivity contribution in [3.63, 3.8) is 0 Å². The molecule has 0 heterocycles. The molecule has 5 heteroatoms. The van der Waals surface area contributed by atoms with E-state index in [4.69, 9.17) is 5.11 Å². The Balaban J connectivity index is 2.66. The largest absolute Gasteiger partial charge is 0.385 e. The van der Waals surface area contributed by atoms with Crippen molar-refractivity contribution in [2.24, 2.45) is 0 Å². The standard InChI is InChI=1S/C13H17F2NO2/c1-13(2,9-6-4-3-5-7-9)12(18)16-8-10(17)11(14)15/h3-7,10-11,17H,8H2,1-2H3,(H,16,18). The third kappa shape index (κ3) is 3.50. The van der Waals surface area contributed by atoms with Crippen molar-refractivity contribution in [1.29, 1.82) is 0 Å². The minimum absolute atomic E-state index is 0.395. The van der Waals surface area contributed by atoms with E-state index in [1.807, 2.05) is 6.07 Å². The minimum Gasteiger partial charge on any atom is -0.385 e. The van der Waals surface area contributed by atoms with E-state index >= 15 is 0 Å². The summed E-state index contributed by atoms with van der Waals surface area (Å²) in [4.78, 5) is 11.9. The molecular formula is C13H17F2NO2. The van der Waals surface area contributed by atoms with E-state index in [0.717, 1.165) is 5.56 Å². The molecule has 100 valence electrons. The van der Waals surface area contributed by atoms with Crippen LogP contribution in [-0.4, -0.2) is 30.1 Å². The second-order valence-corrected chi connectivity index (χ2v) is 4.60. The Morgan fingerprint density at radius 1 is 1.33 bits per heavy atom. The molecule has 0 radical (unpaired) electrons. The van der Waals surface area contributed by atoms with Gasteiger partial charge in [-0.25, -0.2) is 8.78 Å². The molecule has 1 amide bonds. The Bertz CT molecular complexity index is 393. The molecule has 1 unspecified atom stereocenters. The quantitative estimate of drug-likeness (QED) is 0.843. The number of carbonyl (C=O) groups is 1. The lowest BCUT2D eigenvalue weighted by molar-refractivity contribution is -0.126. The highest BCUT2D eigenvalue weighted by Gasteiger charge is 2.30. The van der Waals surface area contributed by atoms with E-state index in [9.17, 15) is 13.6 Å². The fourth-order valence-electron chi connectivity index (χ4n) is 1.49. The Morgan fingerprint density at radius 2 is 1.89 bits per heavy atom. The van der Waals surface area contributed by atoms with Gasteiger partial charge in [0.1, 0.15) is 6.10 Å². The van der Waals surface area contributed by atoms with Gasteiger partial charge in [0.25, 0.3) is 6.43 Å². The topological polar surface area (TPSA) is 49.3 Å². The molecule has 0 aromatic heterocycles. The van der Waals surface area contributed by atoms with Crippen LogP contribution >= 0.6 is 0 Å². The third-order valence-corrected chi connectivity index (χ3v) is 2.83. The van der Waals surface area contributed by atoms with Crippen LogP contribution in [0.4, 0.5) is 8.78 Å². The van der Waals surface area contributed by atoms with Crippen molar-refractivity contribution in [3.8, 4) is 0 Å². The summed E-state index contributed by atoms with van der Waals surface area (Å²) in [7, 11) is 0. The Labute approximate surface area is 105 Å². The van der Waals surface area contributed by atoms with Crippen molar-refractivity contribution in [2.75, 3.05) is 6.54 Å². The van der Waals surface area contributed by atoms with E-state index in [-0.39, 0.29) is 0 Å². The molecule has 0 saturated carbocycles. The number of hydrogen-bond acceptors (Lipinski definition) is 2. The monoisotopic (exact) mass is 257 g/mol. The molecule has 0 saturated heterocycles. The number of hydrogen-bond donors (Lipinski definition) is 2. The lowest BCUT2D eigenvalue weighted by Crippen LogP contribution is -2.44. The van der Waals surface area contributed by atoms with Gasteiger partial charge in [0.05, 0.1) is 5.41 Å². The zero-order chi connectivity index (χ0) is 13.8. The van der Waals surface area contributed by atoms with Crippen molar-refractivity contribution in [2.45, 2.75) is 31.8 Å². The third-order valence-electron chi connectivity index (χ3n) is 2.83. The Kier molecular flexibility index (Phi) is 4.78. The maximum absolute atomic E-state index is 12.1. The van der Waals surface area contributed by atoms with Crippen molar-refractivity contribution in [1.82, 2.24) is 5.32 Å². The van der Waals surface area contributed by atoms with Crippen molar-refractivity contribution >= 4 is 5.91 Å². The first kappa shape index (κ1) is 14.6. The zero-order valence-electron chi connectivity index (χ0n) is 10.4. The number of benzene rings is 1. The summed E-state index contributed by atoms with van der Waals surface area (Å²) in [5, 5.41) is 11.3. The highest BCUT2D eigenvalue weighted by Crippen LogP contribution is 2.22. The van der Waals surface area contributed by atoms with Gasteiger partial charge >= 0.3 is 0 Å². The molecule has 1 atom stereocenters. The van der Waals surface area contributed by atoms with Crippen LogP contribution in [0.3, 0.4) is 0 Å². The van der Waals surface area contributed by atoms with E-state index in [0.29, 0.717) is 0 Å². The van der Waals surface area contributed by atoms with Crippen LogP contribution < -0.4 is 5.32 Å². The first-order valence-corrected chi connectivity index (χ1v) is 5.65. The van der Waals surface area contributed by atoms with Crippen LogP contribution in [0.1, 0.15) is 19.4 Å². The van der Waals surface area contributed by atoms with E-state index in [1.165, 1.54) is 0 Å². The first-order chi connectivity index (χ1) is 8.35. The summed E-state index contributed by atoms with van der Waals surface area (Å²) in [5.74, 6) is -0.395. The lowest BCUT2D eigenvalue weighted by Gasteiger charge is -2.24. The average molecular weight is 257 g/mol. The molecule has 2 N–H and O–H groups in total. The van der Waals surface area contributed by atoms with Gasteiger partial charge in [0.2, 0.25) is 5.91 Å². The summed E-state index contributed by atoms with van der Waals surface area (Å²) in [5.41, 5.74) is -0.0441. The maximum atomic E-state index is 12.1. The number of aliphatic hydroxyl groups is 1. The SMILES string of the molecule is CC(C)(C(=O)NCC(O)C(F)F)c1ccccc1. The van der Waals surface area contributed by atoms with Crippen LogP contribution in [0.2, 0.25) is 0 Å². The minimum atomic E-state index is -2.86. The molecule has 0 aliphatic heterocycles. The van der Waals surface area contributed by atoms with Gasteiger partial charge in [-0.1, -0.05) is 30.3 Å². The number of carbonyl (C=O) groups excluding carboxylic acids is 1. The molecule has 0 aliphatic rings. The number of amides is 1. The smallest absolute Gasteiger partial charge is 0.265 e. The highest BCUT2D eigenvalue weighted by atomic mass is 19.3. The van der Waals surface area contributed by atoms with Gasteiger partial charge in [0.15, 0.2) is 0 Å².